The summed E-state index contributed by atoms with van der Waals surface area (Å²) in [7, 11) is 0. The van der Waals surface area contributed by atoms with E-state index < -0.39 is 11.7 Å². The van der Waals surface area contributed by atoms with Crippen LogP contribution < -0.4 is 16.0 Å². The molecule has 1 saturated heterocycles. The number of alkyl carbamates (subject to hydrolysis) is 1. The minimum atomic E-state index is -0.523. The van der Waals surface area contributed by atoms with E-state index in [1.54, 1.807) is 0 Å². The Kier molecular flexibility index (Phi) is 5.70. The summed E-state index contributed by atoms with van der Waals surface area (Å²) in [6.45, 7) is 7.38. The van der Waals surface area contributed by atoms with Crippen LogP contribution in [0.1, 0.15) is 39.2 Å². The molecule has 1 aromatic rings. The predicted molar refractivity (Wildman–Crippen MR) is 93.6 cm³/mol. The molecule has 132 valence electrons. The maximum atomic E-state index is 11.9. The molecule has 2 rings (SSSR count). The minimum Gasteiger partial charge on any atom is -0.444 e. The first-order valence-corrected chi connectivity index (χ1v) is 8.35. The largest absolute Gasteiger partial charge is 0.444 e. The van der Waals surface area contributed by atoms with Crippen molar-refractivity contribution in [3.63, 3.8) is 0 Å². The Hall–Kier alpha value is -2.24. The van der Waals surface area contributed by atoms with Crippen molar-refractivity contribution in [1.29, 1.82) is 0 Å². The van der Waals surface area contributed by atoms with E-state index in [0.29, 0.717) is 13.1 Å². The van der Waals surface area contributed by atoms with E-state index in [-0.39, 0.29) is 11.8 Å². The highest BCUT2D eigenvalue weighted by atomic mass is 16.6. The summed E-state index contributed by atoms with van der Waals surface area (Å²) in [5, 5.41) is 2.79. The summed E-state index contributed by atoms with van der Waals surface area (Å²) >= 11 is 0. The van der Waals surface area contributed by atoms with Crippen LogP contribution in [0.4, 0.5) is 10.5 Å². The van der Waals surface area contributed by atoms with Gasteiger partial charge in [-0.1, -0.05) is 18.2 Å². The maximum absolute atomic E-state index is 11.9. The van der Waals surface area contributed by atoms with Gasteiger partial charge in [0, 0.05) is 25.3 Å². The zero-order valence-corrected chi connectivity index (χ0v) is 14.7. The molecule has 3 N–H and O–H groups in total. The fourth-order valence-electron chi connectivity index (χ4n) is 2.88. The van der Waals surface area contributed by atoms with E-state index in [0.717, 1.165) is 30.6 Å². The molecule has 24 heavy (non-hydrogen) atoms. The number of piperidine rings is 1. The second kappa shape index (κ2) is 7.55. The molecule has 1 atom stereocenters. The summed E-state index contributed by atoms with van der Waals surface area (Å²) in [5.74, 6) is -0.366. The molecule has 1 heterocycles. The summed E-state index contributed by atoms with van der Waals surface area (Å²) in [4.78, 5) is 25.5. The van der Waals surface area contributed by atoms with Crippen molar-refractivity contribution < 1.29 is 14.3 Å². The standard InChI is InChI=1S/C18H27N3O3/c1-18(2,3)24-17(23)20-11-13-7-4-5-9-15(13)21-10-6-8-14(12-21)16(19)22/h4-5,7,9,14H,6,8,10-12H2,1-3H3,(H2,19,22)(H,20,23)/t14-/m1/s1. The summed E-state index contributed by atoms with van der Waals surface area (Å²) in [6.07, 6.45) is 1.33. The number of carbonyl (C=O) groups excluding carboxylic acids is 2. The third-order valence-corrected chi connectivity index (χ3v) is 3.98. The van der Waals surface area contributed by atoms with Gasteiger partial charge < -0.3 is 20.7 Å². The molecule has 0 unspecified atom stereocenters. The van der Waals surface area contributed by atoms with Crippen molar-refractivity contribution in [3.8, 4) is 0 Å². The van der Waals surface area contributed by atoms with Crippen LogP contribution in [-0.4, -0.2) is 30.7 Å². The molecular weight excluding hydrogens is 306 g/mol. The number of ether oxygens (including phenoxy) is 1. The first kappa shape index (κ1) is 18.1. The Morgan fingerprint density at radius 2 is 2.04 bits per heavy atom. The second-order valence-corrected chi connectivity index (χ2v) is 7.17. The van der Waals surface area contributed by atoms with Gasteiger partial charge >= 0.3 is 6.09 Å². The van der Waals surface area contributed by atoms with Crippen molar-refractivity contribution in [3.05, 3.63) is 29.8 Å². The van der Waals surface area contributed by atoms with Gasteiger partial charge in [0.15, 0.2) is 0 Å². The number of benzene rings is 1. The van der Waals surface area contributed by atoms with Crippen LogP contribution in [0.3, 0.4) is 0 Å². The molecule has 1 aliphatic heterocycles. The SMILES string of the molecule is CC(C)(C)OC(=O)NCc1ccccc1N1CCC[C@@H](C(N)=O)C1. The number of nitrogens with two attached hydrogens (primary N) is 1. The van der Waals surface area contributed by atoms with Gasteiger partial charge in [0.25, 0.3) is 0 Å². The van der Waals surface area contributed by atoms with Crippen LogP contribution in [0.25, 0.3) is 0 Å². The van der Waals surface area contributed by atoms with Gasteiger partial charge in [-0.25, -0.2) is 4.79 Å². The highest BCUT2D eigenvalue weighted by Crippen LogP contribution is 2.26. The molecule has 1 fully saturated rings. The van der Waals surface area contributed by atoms with E-state index in [2.05, 4.69) is 10.2 Å². The van der Waals surface area contributed by atoms with E-state index >= 15 is 0 Å². The molecule has 2 amide bonds. The van der Waals surface area contributed by atoms with E-state index in [1.165, 1.54) is 0 Å². The molecule has 0 aromatic heterocycles. The summed E-state index contributed by atoms with van der Waals surface area (Å²) in [5.41, 5.74) is 6.96. The van der Waals surface area contributed by atoms with Crippen molar-refractivity contribution in [1.82, 2.24) is 5.32 Å². The van der Waals surface area contributed by atoms with Gasteiger partial charge in [-0.3, -0.25) is 4.79 Å². The summed E-state index contributed by atoms with van der Waals surface area (Å²) < 4.78 is 5.27. The number of primary amides is 1. The van der Waals surface area contributed by atoms with Gasteiger partial charge in [0.1, 0.15) is 5.60 Å². The lowest BCUT2D eigenvalue weighted by Gasteiger charge is -2.34. The summed E-state index contributed by atoms with van der Waals surface area (Å²) in [6, 6.07) is 7.88. The smallest absolute Gasteiger partial charge is 0.407 e. The molecule has 6 nitrogen and oxygen atoms in total. The molecule has 0 aliphatic carbocycles. The second-order valence-electron chi connectivity index (χ2n) is 7.17. The van der Waals surface area contributed by atoms with Crippen LogP contribution in [0, 0.1) is 5.92 Å². The topological polar surface area (TPSA) is 84.7 Å². The van der Waals surface area contributed by atoms with Gasteiger partial charge in [-0.05, 0) is 45.2 Å². The molecular formula is C18H27N3O3. The van der Waals surface area contributed by atoms with E-state index in [1.807, 2.05) is 45.0 Å². The van der Waals surface area contributed by atoms with Crippen LogP contribution in [-0.2, 0) is 16.1 Å². The molecule has 0 spiro atoms. The number of nitrogens with zero attached hydrogens (tertiary/aromatic N) is 1. The number of anilines is 1. The van der Waals surface area contributed by atoms with E-state index in [4.69, 9.17) is 10.5 Å². The molecule has 0 bridgehead atoms. The first-order chi connectivity index (χ1) is 11.3. The van der Waals surface area contributed by atoms with Crippen LogP contribution in [0.2, 0.25) is 0 Å². The predicted octanol–water partition coefficient (Wildman–Crippen LogP) is 2.41. The zero-order valence-electron chi connectivity index (χ0n) is 14.7. The number of carbonyl (C=O) groups is 2. The normalized spacial score (nSPS) is 18.1. The Labute approximate surface area is 143 Å². The monoisotopic (exact) mass is 333 g/mol. The number of hydrogen-bond acceptors (Lipinski definition) is 4. The number of rotatable bonds is 4. The van der Waals surface area contributed by atoms with Gasteiger partial charge in [0.2, 0.25) is 5.91 Å². The number of amides is 2. The Balaban J connectivity index is 2.04. The number of hydrogen-bond donors (Lipinski definition) is 2. The average Bonchev–Trinajstić information content (AvgIpc) is 2.51. The lowest BCUT2D eigenvalue weighted by Crippen LogP contribution is -2.41. The lowest BCUT2D eigenvalue weighted by molar-refractivity contribution is -0.122. The van der Waals surface area contributed by atoms with Crippen molar-refractivity contribution in [2.75, 3.05) is 18.0 Å². The quantitative estimate of drug-likeness (QED) is 0.886. The third kappa shape index (κ3) is 5.15. The molecule has 1 aromatic carbocycles. The fraction of sp³-hybridized carbons (Fsp3) is 0.556. The minimum absolute atomic E-state index is 0.120. The highest BCUT2D eigenvalue weighted by molar-refractivity contribution is 5.77. The fourth-order valence-corrected chi connectivity index (χ4v) is 2.88. The highest BCUT2D eigenvalue weighted by Gasteiger charge is 2.25. The zero-order chi connectivity index (χ0) is 17.7. The molecule has 6 heteroatoms. The Morgan fingerprint density at radius 1 is 1.33 bits per heavy atom. The molecule has 0 saturated carbocycles. The van der Waals surface area contributed by atoms with Crippen molar-refractivity contribution >= 4 is 17.7 Å². The van der Waals surface area contributed by atoms with Gasteiger partial charge in [0.05, 0.1) is 5.92 Å². The number of nitrogens with one attached hydrogen (secondary N) is 1. The Morgan fingerprint density at radius 3 is 2.71 bits per heavy atom. The van der Waals surface area contributed by atoms with Crippen LogP contribution >= 0.6 is 0 Å². The number of para-hydroxylation sites is 1. The van der Waals surface area contributed by atoms with Gasteiger partial charge in [-0.2, -0.15) is 0 Å². The molecule has 1 aliphatic rings. The van der Waals surface area contributed by atoms with E-state index in [9.17, 15) is 9.59 Å². The van der Waals surface area contributed by atoms with Crippen molar-refractivity contribution in [2.45, 2.75) is 45.8 Å². The Bertz CT molecular complexity index is 595. The maximum Gasteiger partial charge on any atom is 0.407 e. The lowest BCUT2D eigenvalue weighted by atomic mass is 9.96. The first-order valence-electron chi connectivity index (χ1n) is 8.35. The van der Waals surface area contributed by atoms with Crippen molar-refractivity contribution in [2.24, 2.45) is 11.7 Å². The molecule has 0 radical (unpaired) electrons. The van der Waals surface area contributed by atoms with Crippen LogP contribution in [0.5, 0.6) is 0 Å². The average molecular weight is 333 g/mol. The van der Waals surface area contributed by atoms with Crippen LogP contribution in [0.15, 0.2) is 24.3 Å². The van der Waals surface area contributed by atoms with Gasteiger partial charge in [-0.15, -0.1) is 0 Å². The third-order valence-electron chi connectivity index (χ3n) is 3.98.